The molecule has 0 atom stereocenters. The van der Waals surface area contributed by atoms with Crippen LogP contribution in [0.1, 0.15) is 16.7 Å². The molecule has 0 aliphatic rings. The summed E-state index contributed by atoms with van der Waals surface area (Å²) in [5.74, 6) is 1.85. The molecule has 0 saturated carbocycles. The molecule has 1 aromatic carbocycles. The molecule has 0 spiro atoms. The van der Waals surface area contributed by atoms with Gasteiger partial charge in [-0.2, -0.15) is 0 Å². The molecule has 3 nitrogen and oxygen atoms in total. The quantitative estimate of drug-likeness (QED) is 0.831. The van der Waals surface area contributed by atoms with Crippen LogP contribution in [0.2, 0.25) is 0 Å². The molecule has 0 fully saturated rings. The lowest BCUT2D eigenvalue weighted by atomic mass is 10.1. The van der Waals surface area contributed by atoms with Crippen LogP contribution >= 0.6 is 0 Å². The Bertz CT molecular complexity index is 538. The van der Waals surface area contributed by atoms with Gasteiger partial charge in [-0.25, -0.2) is 4.98 Å². The fourth-order valence-corrected chi connectivity index (χ4v) is 1.96. The van der Waals surface area contributed by atoms with Crippen molar-refractivity contribution >= 4 is 5.82 Å². The molecule has 1 aromatic heterocycles. The Morgan fingerprint density at radius 2 is 2.00 bits per heavy atom. The normalized spacial score (nSPS) is 10.3. The highest BCUT2D eigenvalue weighted by atomic mass is 16.5. The van der Waals surface area contributed by atoms with Gasteiger partial charge in [-0.3, -0.25) is 0 Å². The van der Waals surface area contributed by atoms with Gasteiger partial charge in [-0.1, -0.05) is 12.1 Å². The Kier molecular flexibility index (Phi) is 4.39. The van der Waals surface area contributed by atoms with E-state index in [1.54, 1.807) is 6.20 Å². The van der Waals surface area contributed by atoms with E-state index in [4.69, 9.17) is 4.74 Å². The van der Waals surface area contributed by atoms with Gasteiger partial charge in [-0.15, -0.1) is 0 Å². The Labute approximate surface area is 114 Å². The van der Waals surface area contributed by atoms with E-state index in [1.807, 2.05) is 18.2 Å². The van der Waals surface area contributed by atoms with Crippen molar-refractivity contribution in [1.82, 2.24) is 4.98 Å². The average molecular weight is 256 g/mol. The maximum Gasteiger partial charge on any atom is 0.125 e. The second-order valence-electron chi connectivity index (χ2n) is 4.70. The molecule has 0 radical (unpaired) electrons. The van der Waals surface area contributed by atoms with Gasteiger partial charge in [0.25, 0.3) is 0 Å². The van der Waals surface area contributed by atoms with E-state index < -0.39 is 0 Å². The van der Waals surface area contributed by atoms with Crippen LogP contribution in [0.3, 0.4) is 0 Å². The number of hydrogen-bond donors (Lipinski definition) is 1. The fourth-order valence-electron chi connectivity index (χ4n) is 1.96. The smallest absolute Gasteiger partial charge is 0.125 e. The van der Waals surface area contributed by atoms with Crippen LogP contribution in [-0.2, 0) is 0 Å². The molecule has 100 valence electrons. The molecule has 0 bridgehead atoms. The highest BCUT2D eigenvalue weighted by Crippen LogP contribution is 2.23. The van der Waals surface area contributed by atoms with Gasteiger partial charge in [0.05, 0.1) is 6.54 Å². The molecule has 0 saturated heterocycles. The van der Waals surface area contributed by atoms with Crippen molar-refractivity contribution in [3.05, 3.63) is 53.2 Å². The molecule has 0 aliphatic carbocycles. The zero-order valence-electron chi connectivity index (χ0n) is 11.7. The first-order valence-electron chi connectivity index (χ1n) is 6.52. The summed E-state index contributed by atoms with van der Waals surface area (Å²) >= 11 is 0. The molecule has 0 aliphatic heterocycles. The number of ether oxygens (including phenoxy) is 1. The minimum absolute atomic E-state index is 0.625. The number of rotatable bonds is 5. The third-order valence-electron chi connectivity index (χ3n) is 3.09. The summed E-state index contributed by atoms with van der Waals surface area (Å²) in [6.45, 7) is 7.66. The van der Waals surface area contributed by atoms with Gasteiger partial charge in [0.1, 0.15) is 18.2 Å². The number of anilines is 1. The van der Waals surface area contributed by atoms with Crippen LogP contribution < -0.4 is 10.1 Å². The number of nitrogens with one attached hydrogen (secondary N) is 1. The predicted molar refractivity (Wildman–Crippen MR) is 78.9 cm³/mol. The van der Waals surface area contributed by atoms with Crippen molar-refractivity contribution in [3.8, 4) is 5.75 Å². The maximum atomic E-state index is 5.83. The van der Waals surface area contributed by atoms with E-state index in [0.717, 1.165) is 18.1 Å². The van der Waals surface area contributed by atoms with Crippen LogP contribution in [0.15, 0.2) is 36.5 Å². The van der Waals surface area contributed by atoms with E-state index >= 15 is 0 Å². The van der Waals surface area contributed by atoms with Gasteiger partial charge in [0, 0.05) is 6.20 Å². The minimum Gasteiger partial charge on any atom is -0.491 e. The zero-order chi connectivity index (χ0) is 13.7. The number of benzene rings is 1. The van der Waals surface area contributed by atoms with Crippen LogP contribution in [0.5, 0.6) is 5.75 Å². The lowest BCUT2D eigenvalue weighted by molar-refractivity contribution is 0.330. The minimum atomic E-state index is 0.625. The summed E-state index contributed by atoms with van der Waals surface area (Å²) in [6, 6.07) is 10.1. The molecule has 1 heterocycles. The third kappa shape index (κ3) is 3.71. The van der Waals surface area contributed by atoms with Crippen molar-refractivity contribution in [3.63, 3.8) is 0 Å². The zero-order valence-corrected chi connectivity index (χ0v) is 11.7. The van der Waals surface area contributed by atoms with Crippen molar-refractivity contribution in [2.75, 3.05) is 18.5 Å². The molecular weight excluding hydrogens is 236 g/mol. The summed E-state index contributed by atoms with van der Waals surface area (Å²) in [5, 5.41) is 3.23. The SMILES string of the molecule is Cc1cc(C)c(C)c(OCCNc2ccccn2)c1. The summed E-state index contributed by atoms with van der Waals surface area (Å²) in [4.78, 5) is 4.20. The Morgan fingerprint density at radius 1 is 1.16 bits per heavy atom. The van der Waals surface area contributed by atoms with Crippen molar-refractivity contribution in [2.45, 2.75) is 20.8 Å². The lowest BCUT2D eigenvalue weighted by Crippen LogP contribution is -2.12. The number of pyridine rings is 1. The number of nitrogens with zero attached hydrogens (tertiary/aromatic N) is 1. The lowest BCUT2D eigenvalue weighted by Gasteiger charge is -2.13. The Hall–Kier alpha value is -2.03. The van der Waals surface area contributed by atoms with Crippen molar-refractivity contribution in [2.24, 2.45) is 0 Å². The van der Waals surface area contributed by atoms with Crippen LogP contribution in [0.4, 0.5) is 5.82 Å². The van der Waals surface area contributed by atoms with Crippen LogP contribution in [0, 0.1) is 20.8 Å². The molecule has 2 aromatic rings. The topological polar surface area (TPSA) is 34.1 Å². The first-order valence-corrected chi connectivity index (χ1v) is 6.52. The number of aromatic nitrogens is 1. The molecule has 2 rings (SSSR count). The number of aryl methyl sites for hydroxylation is 2. The predicted octanol–water partition coefficient (Wildman–Crippen LogP) is 3.50. The number of hydrogen-bond acceptors (Lipinski definition) is 3. The molecular formula is C16H20N2O. The molecule has 1 N–H and O–H groups in total. The Morgan fingerprint density at radius 3 is 2.74 bits per heavy atom. The van der Waals surface area contributed by atoms with Gasteiger partial charge in [0.15, 0.2) is 0 Å². The second-order valence-corrected chi connectivity index (χ2v) is 4.70. The van der Waals surface area contributed by atoms with Gasteiger partial charge < -0.3 is 10.1 Å². The summed E-state index contributed by atoms with van der Waals surface area (Å²) in [7, 11) is 0. The Balaban J connectivity index is 1.86. The summed E-state index contributed by atoms with van der Waals surface area (Å²) in [6.07, 6.45) is 1.78. The van der Waals surface area contributed by atoms with Crippen LogP contribution in [-0.4, -0.2) is 18.1 Å². The molecule has 19 heavy (non-hydrogen) atoms. The average Bonchev–Trinajstić information content (AvgIpc) is 2.41. The van der Waals surface area contributed by atoms with E-state index in [-0.39, 0.29) is 0 Å². The van der Waals surface area contributed by atoms with Gasteiger partial charge in [0.2, 0.25) is 0 Å². The van der Waals surface area contributed by atoms with E-state index in [0.29, 0.717) is 6.61 Å². The maximum absolute atomic E-state index is 5.83. The highest BCUT2D eigenvalue weighted by molar-refractivity contribution is 5.42. The van der Waals surface area contributed by atoms with Gasteiger partial charge in [-0.05, 0) is 55.7 Å². The van der Waals surface area contributed by atoms with Crippen LogP contribution in [0.25, 0.3) is 0 Å². The third-order valence-corrected chi connectivity index (χ3v) is 3.09. The monoisotopic (exact) mass is 256 g/mol. The van der Waals surface area contributed by atoms with Gasteiger partial charge >= 0.3 is 0 Å². The molecule has 0 amide bonds. The summed E-state index contributed by atoms with van der Waals surface area (Å²) < 4.78 is 5.83. The first kappa shape index (κ1) is 13.4. The molecule has 3 heteroatoms. The fraction of sp³-hybridized carbons (Fsp3) is 0.312. The van der Waals surface area contributed by atoms with E-state index in [9.17, 15) is 0 Å². The highest BCUT2D eigenvalue weighted by Gasteiger charge is 2.03. The second kappa shape index (κ2) is 6.23. The van der Waals surface area contributed by atoms with Crippen molar-refractivity contribution < 1.29 is 4.74 Å². The van der Waals surface area contributed by atoms with E-state index in [2.05, 4.69) is 43.2 Å². The largest absolute Gasteiger partial charge is 0.491 e. The van der Waals surface area contributed by atoms with E-state index in [1.165, 1.54) is 16.7 Å². The molecule has 0 unspecified atom stereocenters. The summed E-state index contributed by atoms with van der Waals surface area (Å²) in [5.41, 5.74) is 3.71. The standard InChI is InChI=1S/C16H20N2O/c1-12-10-13(2)14(3)15(11-12)19-9-8-18-16-6-4-5-7-17-16/h4-7,10-11H,8-9H2,1-3H3,(H,17,18). The first-order chi connectivity index (χ1) is 9.16. The van der Waals surface area contributed by atoms with Crippen molar-refractivity contribution in [1.29, 1.82) is 0 Å².